The molecule has 0 aliphatic rings. The van der Waals surface area contributed by atoms with E-state index in [0.29, 0.717) is 11.9 Å². The number of aryl methyl sites for hydroxylation is 1. The van der Waals surface area contributed by atoms with Crippen molar-refractivity contribution in [3.8, 4) is 0 Å². The summed E-state index contributed by atoms with van der Waals surface area (Å²) in [6.45, 7) is 0. The van der Waals surface area contributed by atoms with Crippen molar-refractivity contribution in [2.45, 2.75) is 18.6 Å². The summed E-state index contributed by atoms with van der Waals surface area (Å²) in [4.78, 5) is 1.23. The SMILES string of the molecule is CNC(Cc1nnn(C)n1)c1cccc(C(F)(F)F)c1F. The topological polar surface area (TPSA) is 55.6 Å². The Bertz CT molecular complexity index is 622. The van der Waals surface area contributed by atoms with E-state index in [1.54, 1.807) is 7.05 Å². The minimum absolute atomic E-state index is 0.0835. The summed E-state index contributed by atoms with van der Waals surface area (Å²) in [5.41, 5.74) is -1.37. The molecule has 0 spiro atoms. The number of likely N-dealkylation sites (N-methyl/N-ethyl adjacent to an activating group) is 1. The van der Waals surface area contributed by atoms with Crippen LogP contribution in [-0.2, 0) is 19.6 Å². The maximum absolute atomic E-state index is 14.1. The van der Waals surface area contributed by atoms with Crippen LogP contribution in [0, 0.1) is 5.82 Å². The highest BCUT2D eigenvalue weighted by atomic mass is 19.4. The van der Waals surface area contributed by atoms with Gasteiger partial charge in [-0.2, -0.15) is 18.0 Å². The Kier molecular flexibility index (Phi) is 4.21. The van der Waals surface area contributed by atoms with Gasteiger partial charge in [0.25, 0.3) is 0 Å². The van der Waals surface area contributed by atoms with E-state index in [1.807, 2.05) is 0 Å². The summed E-state index contributed by atoms with van der Waals surface area (Å²) in [5.74, 6) is -0.970. The number of nitrogens with one attached hydrogen (secondary N) is 1. The number of aromatic nitrogens is 4. The molecule has 1 aromatic heterocycles. The van der Waals surface area contributed by atoms with Gasteiger partial charge in [0.1, 0.15) is 5.82 Å². The maximum atomic E-state index is 14.1. The van der Waals surface area contributed by atoms with Gasteiger partial charge in [-0.25, -0.2) is 4.39 Å². The molecule has 0 fully saturated rings. The molecule has 0 aliphatic carbocycles. The first-order valence-corrected chi connectivity index (χ1v) is 6.08. The number of halogens is 4. The van der Waals surface area contributed by atoms with Gasteiger partial charge < -0.3 is 5.32 Å². The third-order valence-corrected chi connectivity index (χ3v) is 2.99. The lowest BCUT2D eigenvalue weighted by Gasteiger charge is -2.18. The van der Waals surface area contributed by atoms with E-state index in [9.17, 15) is 17.6 Å². The summed E-state index contributed by atoms with van der Waals surface area (Å²) >= 11 is 0. The van der Waals surface area contributed by atoms with E-state index in [-0.39, 0.29) is 12.0 Å². The zero-order valence-electron chi connectivity index (χ0n) is 11.3. The molecule has 2 rings (SSSR count). The van der Waals surface area contributed by atoms with Crippen LogP contribution >= 0.6 is 0 Å². The van der Waals surface area contributed by atoms with Crippen LogP contribution in [0.3, 0.4) is 0 Å². The van der Waals surface area contributed by atoms with E-state index < -0.39 is 23.6 Å². The van der Waals surface area contributed by atoms with Crippen molar-refractivity contribution >= 4 is 0 Å². The average Bonchev–Trinajstić information content (AvgIpc) is 2.81. The van der Waals surface area contributed by atoms with E-state index in [0.717, 1.165) is 0 Å². The van der Waals surface area contributed by atoms with Crippen molar-refractivity contribution in [2.75, 3.05) is 7.05 Å². The largest absolute Gasteiger partial charge is 0.419 e. The Hall–Kier alpha value is -2.03. The molecule has 1 aromatic carbocycles. The molecule has 114 valence electrons. The van der Waals surface area contributed by atoms with E-state index in [2.05, 4.69) is 20.7 Å². The monoisotopic (exact) mass is 303 g/mol. The van der Waals surface area contributed by atoms with E-state index >= 15 is 0 Å². The molecule has 1 N–H and O–H groups in total. The molecule has 0 amide bonds. The van der Waals surface area contributed by atoms with Crippen LogP contribution in [0.5, 0.6) is 0 Å². The van der Waals surface area contributed by atoms with Gasteiger partial charge in [-0.3, -0.25) is 0 Å². The molecule has 5 nitrogen and oxygen atoms in total. The molecule has 1 atom stereocenters. The van der Waals surface area contributed by atoms with Crippen molar-refractivity contribution in [1.29, 1.82) is 0 Å². The standard InChI is InChI=1S/C12H13F4N5/c1-17-9(6-10-18-20-21(2)19-10)7-4-3-5-8(11(7)13)12(14,15)16/h3-5,9,17H,6H2,1-2H3. The Morgan fingerprint density at radius 3 is 2.57 bits per heavy atom. The van der Waals surface area contributed by atoms with E-state index in [4.69, 9.17) is 0 Å². The number of alkyl halides is 3. The zero-order valence-corrected chi connectivity index (χ0v) is 11.3. The first-order chi connectivity index (χ1) is 9.82. The number of rotatable bonds is 4. The van der Waals surface area contributed by atoms with Gasteiger partial charge in [-0.05, 0) is 18.3 Å². The second kappa shape index (κ2) is 5.76. The molecular formula is C12H13F4N5. The molecule has 2 aromatic rings. The highest BCUT2D eigenvalue weighted by Crippen LogP contribution is 2.34. The van der Waals surface area contributed by atoms with Gasteiger partial charge >= 0.3 is 6.18 Å². The zero-order chi connectivity index (χ0) is 15.6. The fourth-order valence-electron chi connectivity index (χ4n) is 1.99. The fourth-order valence-corrected chi connectivity index (χ4v) is 1.99. The van der Waals surface area contributed by atoms with Crippen LogP contribution in [-0.4, -0.2) is 27.3 Å². The summed E-state index contributed by atoms with van der Waals surface area (Å²) in [5, 5.41) is 14.1. The number of hydrogen-bond donors (Lipinski definition) is 1. The molecule has 0 aliphatic heterocycles. The number of hydrogen-bond acceptors (Lipinski definition) is 4. The molecule has 0 radical (unpaired) electrons. The van der Waals surface area contributed by atoms with Gasteiger partial charge in [0, 0.05) is 18.0 Å². The van der Waals surface area contributed by atoms with Gasteiger partial charge in [-0.1, -0.05) is 12.1 Å². The fraction of sp³-hybridized carbons (Fsp3) is 0.417. The second-order valence-corrected chi connectivity index (χ2v) is 4.45. The first-order valence-electron chi connectivity index (χ1n) is 6.08. The Labute approximate surface area is 118 Å². The summed E-state index contributed by atoms with van der Waals surface area (Å²) in [7, 11) is 3.09. The van der Waals surface area contributed by atoms with Crippen molar-refractivity contribution in [2.24, 2.45) is 7.05 Å². The summed E-state index contributed by atoms with van der Waals surface area (Å²) < 4.78 is 52.3. The molecule has 21 heavy (non-hydrogen) atoms. The van der Waals surface area contributed by atoms with Crippen LogP contribution < -0.4 is 5.32 Å². The van der Waals surface area contributed by atoms with Crippen LogP contribution in [0.2, 0.25) is 0 Å². The minimum Gasteiger partial charge on any atom is -0.313 e. The van der Waals surface area contributed by atoms with Gasteiger partial charge in [0.05, 0.1) is 12.6 Å². The summed E-state index contributed by atoms with van der Waals surface area (Å²) in [6, 6.07) is 2.51. The lowest BCUT2D eigenvalue weighted by Crippen LogP contribution is -2.22. The van der Waals surface area contributed by atoms with Crippen LogP contribution in [0.15, 0.2) is 18.2 Å². The van der Waals surface area contributed by atoms with Gasteiger partial charge in [-0.15, -0.1) is 10.2 Å². The predicted molar refractivity (Wildman–Crippen MR) is 65.7 cm³/mol. The molecule has 1 unspecified atom stereocenters. The third kappa shape index (κ3) is 3.35. The highest BCUT2D eigenvalue weighted by Gasteiger charge is 2.35. The van der Waals surface area contributed by atoms with Crippen molar-refractivity contribution in [1.82, 2.24) is 25.5 Å². The maximum Gasteiger partial charge on any atom is 0.419 e. The van der Waals surface area contributed by atoms with Crippen LogP contribution in [0.1, 0.15) is 23.0 Å². The van der Waals surface area contributed by atoms with Crippen molar-refractivity contribution < 1.29 is 17.6 Å². The minimum atomic E-state index is -4.73. The molecule has 1 heterocycles. The molecule has 0 saturated heterocycles. The highest BCUT2D eigenvalue weighted by molar-refractivity contribution is 5.30. The van der Waals surface area contributed by atoms with Gasteiger partial charge in [0.2, 0.25) is 0 Å². The Morgan fingerprint density at radius 1 is 1.33 bits per heavy atom. The molecule has 0 bridgehead atoms. The normalized spacial score (nSPS) is 13.4. The Balaban J connectivity index is 2.34. The molecule has 9 heteroatoms. The third-order valence-electron chi connectivity index (χ3n) is 2.99. The second-order valence-electron chi connectivity index (χ2n) is 4.45. The van der Waals surface area contributed by atoms with Crippen molar-refractivity contribution in [3.63, 3.8) is 0 Å². The van der Waals surface area contributed by atoms with Crippen LogP contribution in [0.4, 0.5) is 17.6 Å². The van der Waals surface area contributed by atoms with Gasteiger partial charge in [0.15, 0.2) is 5.82 Å². The smallest absolute Gasteiger partial charge is 0.313 e. The predicted octanol–water partition coefficient (Wildman–Crippen LogP) is 1.87. The summed E-state index contributed by atoms with van der Waals surface area (Å²) in [6.07, 6.45) is -4.61. The molecule has 0 saturated carbocycles. The number of tetrazole rings is 1. The van der Waals surface area contributed by atoms with Crippen LogP contribution in [0.25, 0.3) is 0 Å². The number of benzene rings is 1. The first kappa shape index (κ1) is 15.4. The Morgan fingerprint density at radius 2 is 2.05 bits per heavy atom. The number of nitrogens with zero attached hydrogens (tertiary/aromatic N) is 4. The van der Waals surface area contributed by atoms with E-state index in [1.165, 1.54) is 24.0 Å². The molecular weight excluding hydrogens is 290 g/mol. The lowest BCUT2D eigenvalue weighted by molar-refractivity contribution is -0.140. The average molecular weight is 303 g/mol. The lowest BCUT2D eigenvalue weighted by atomic mass is 10.00. The quantitative estimate of drug-likeness (QED) is 0.876. The van der Waals surface area contributed by atoms with Crippen molar-refractivity contribution in [3.05, 3.63) is 41.0 Å².